The number of anilines is 2. The Balaban J connectivity index is 1.53. The molecule has 33 heavy (non-hydrogen) atoms. The molecule has 0 bridgehead atoms. The standard InChI is InChI=1S/C26H28N6O/c1-3-19-7-11-21(12-8-19)16-28-25-30-26(29-17-22-13-9-20(4-2)10-14-22)32(31-25)24(33)23-6-5-15-27-18-23/h5-15,18H,3-4,16-17H2,1-2H3,(H2,28,29,30,31). The predicted molar refractivity (Wildman–Crippen MR) is 130 cm³/mol. The maximum Gasteiger partial charge on any atom is 0.283 e. The van der Waals surface area contributed by atoms with E-state index in [1.54, 1.807) is 18.3 Å². The molecule has 0 amide bonds. The molecule has 0 saturated carbocycles. The first-order valence-electron chi connectivity index (χ1n) is 11.2. The van der Waals surface area contributed by atoms with Crippen LogP contribution >= 0.6 is 0 Å². The smallest absolute Gasteiger partial charge is 0.283 e. The zero-order valence-corrected chi connectivity index (χ0v) is 19.0. The fourth-order valence-electron chi connectivity index (χ4n) is 3.40. The second-order valence-electron chi connectivity index (χ2n) is 7.76. The van der Waals surface area contributed by atoms with Gasteiger partial charge in [0.1, 0.15) is 0 Å². The van der Waals surface area contributed by atoms with E-state index in [-0.39, 0.29) is 5.91 Å². The van der Waals surface area contributed by atoms with Crippen molar-refractivity contribution in [3.05, 3.63) is 101 Å². The van der Waals surface area contributed by atoms with Crippen molar-refractivity contribution in [2.24, 2.45) is 0 Å². The third kappa shape index (κ3) is 5.63. The number of nitrogens with zero attached hydrogens (tertiary/aromatic N) is 4. The van der Waals surface area contributed by atoms with Crippen molar-refractivity contribution in [2.75, 3.05) is 10.6 Å². The van der Waals surface area contributed by atoms with Gasteiger partial charge in [-0.05, 0) is 47.2 Å². The number of aromatic nitrogens is 4. The molecule has 7 heteroatoms. The van der Waals surface area contributed by atoms with Crippen LogP contribution < -0.4 is 10.6 Å². The second-order valence-corrected chi connectivity index (χ2v) is 7.76. The lowest BCUT2D eigenvalue weighted by Crippen LogP contribution is -2.17. The molecule has 2 aromatic heterocycles. The third-order valence-corrected chi connectivity index (χ3v) is 5.47. The summed E-state index contributed by atoms with van der Waals surface area (Å²) in [5.41, 5.74) is 5.24. The third-order valence-electron chi connectivity index (χ3n) is 5.47. The summed E-state index contributed by atoms with van der Waals surface area (Å²) in [4.78, 5) is 21.7. The second kappa shape index (κ2) is 10.5. The lowest BCUT2D eigenvalue weighted by atomic mass is 10.1. The summed E-state index contributed by atoms with van der Waals surface area (Å²) in [5.74, 6) is 0.475. The predicted octanol–water partition coefficient (Wildman–Crippen LogP) is 4.71. The Labute approximate surface area is 193 Å². The lowest BCUT2D eigenvalue weighted by molar-refractivity contribution is 0.0947. The molecule has 0 aliphatic rings. The molecule has 0 spiro atoms. The number of nitrogens with one attached hydrogen (secondary N) is 2. The van der Waals surface area contributed by atoms with E-state index < -0.39 is 0 Å². The molecule has 2 N–H and O–H groups in total. The summed E-state index contributed by atoms with van der Waals surface area (Å²) in [7, 11) is 0. The van der Waals surface area contributed by atoms with Crippen LogP contribution in [0.2, 0.25) is 0 Å². The number of rotatable bonds is 9. The van der Waals surface area contributed by atoms with Crippen LogP contribution in [0.1, 0.15) is 46.5 Å². The zero-order valence-electron chi connectivity index (χ0n) is 19.0. The molecule has 2 heterocycles. The van der Waals surface area contributed by atoms with E-state index in [0.717, 1.165) is 24.0 Å². The van der Waals surface area contributed by atoms with E-state index in [9.17, 15) is 4.79 Å². The minimum absolute atomic E-state index is 0.292. The van der Waals surface area contributed by atoms with Gasteiger partial charge in [0.05, 0.1) is 5.56 Å². The van der Waals surface area contributed by atoms with E-state index in [1.165, 1.54) is 22.0 Å². The number of hydrogen-bond acceptors (Lipinski definition) is 6. The Morgan fingerprint density at radius 1 is 0.818 bits per heavy atom. The van der Waals surface area contributed by atoms with Gasteiger partial charge in [-0.15, -0.1) is 5.10 Å². The van der Waals surface area contributed by atoms with Gasteiger partial charge in [0, 0.05) is 25.5 Å². The van der Waals surface area contributed by atoms with E-state index >= 15 is 0 Å². The van der Waals surface area contributed by atoms with Crippen LogP contribution in [0.5, 0.6) is 0 Å². The Bertz CT molecular complexity index is 1180. The number of aryl methyl sites for hydroxylation is 2. The normalized spacial score (nSPS) is 10.7. The molecule has 0 unspecified atom stereocenters. The maximum absolute atomic E-state index is 13.1. The molecular weight excluding hydrogens is 412 g/mol. The molecule has 0 aliphatic carbocycles. The highest BCUT2D eigenvalue weighted by atomic mass is 16.2. The zero-order chi connectivity index (χ0) is 23.0. The van der Waals surface area contributed by atoms with Gasteiger partial charge in [-0.3, -0.25) is 9.78 Å². The van der Waals surface area contributed by atoms with Crippen molar-refractivity contribution >= 4 is 17.8 Å². The van der Waals surface area contributed by atoms with Gasteiger partial charge < -0.3 is 10.6 Å². The van der Waals surface area contributed by atoms with Crippen LogP contribution in [0.3, 0.4) is 0 Å². The van der Waals surface area contributed by atoms with E-state index in [0.29, 0.717) is 30.5 Å². The fraction of sp³-hybridized carbons (Fsp3) is 0.231. The Hall–Kier alpha value is -4.00. The van der Waals surface area contributed by atoms with Crippen molar-refractivity contribution in [3.63, 3.8) is 0 Å². The van der Waals surface area contributed by atoms with Crippen molar-refractivity contribution in [1.29, 1.82) is 0 Å². The maximum atomic E-state index is 13.1. The topological polar surface area (TPSA) is 84.7 Å². The highest BCUT2D eigenvalue weighted by Crippen LogP contribution is 2.15. The molecule has 0 saturated heterocycles. The van der Waals surface area contributed by atoms with Gasteiger partial charge in [0.25, 0.3) is 5.91 Å². The van der Waals surface area contributed by atoms with Crippen molar-refractivity contribution < 1.29 is 4.79 Å². The Morgan fingerprint density at radius 3 is 1.94 bits per heavy atom. The molecule has 4 rings (SSSR count). The molecule has 4 aromatic rings. The summed E-state index contributed by atoms with van der Waals surface area (Å²) in [6.45, 7) is 5.36. The monoisotopic (exact) mass is 440 g/mol. The number of carbonyl (C=O) groups is 1. The van der Waals surface area contributed by atoms with Crippen LogP contribution in [0, 0.1) is 0 Å². The average Bonchev–Trinajstić information content (AvgIpc) is 3.30. The number of pyridine rings is 1. The van der Waals surface area contributed by atoms with Gasteiger partial charge >= 0.3 is 0 Å². The molecular formula is C26H28N6O. The number of benzene rings is 2. The Morgan fingerprint density at radius 2 is 1.39 bits per heavy atom. The van der Waals surface area contributed by atoms with Gasteiger partial charge in [-0.1, -0.05) is 62.4 Å². The van der Waals surface area contributed by atoms with E-state index in [1.807, 2.05) is 0 Å². The fourth-order valence-corrected chi connectivity index (χ4v) is 3.40. The molecule has 0 fully saturated rings. The average molecular weight is 441 g/mol. The van der Waals surface area contributed by atoms with Crippen LogP contribution in [-0.4, -0.2) is 25.7 Å². The SMILES string of the molecule is CCc1ccc(CNc2nc(NCc3ccc(CC)cc3)n(C(=O)c3cccnc3)n2)cc1. The molecule has 0 aliphatic heterocycles. The summed E-state index contributed by atoms with van der Waals surface area (Å²) in [6.07, 6.45) is 5.16. The van der Waals surface area contributed by atoms with Crippen LogP contribution in [0.4, 0.5) is 11.9 Å². The van der Waals surface area contributed by atoms with Gasteiger partial charge in [0.2, 0.25) is 11.9 Å². The molecule has 0 radical (unpaired) electrons. The molecule has 7 nitrogen and oxygen atoms in total. The van der Waals surface area contributed by atoms with Gasteiger partial charge in [0.15, 0.2) is 0 Å². The summed E-state index contributed by atoms with van der Waals surface area (Å²) < 4.78 is 1.29. The van der Waals surface area contributed by atoms with Crippen LogP contribution in [-0.2, 0) is 25.9 Å². The first-order chi connectivity index (χ1) is 16.2. The van der Waals surface area contributed by atoms with E-state index in [2.05, 4.69) is 88.1 Å². The number of hydrogen-bond donors (Lipinski definition) is 2. The Kier molecular flexibility index (Phi) is 7.09. The summed E-state index contributed by atoms with van der Waals surface area (Å²) >= 11 is 0. The van der Waals surface area contributed by atoms with E-state index in [4.69, 9.17) is 0 Å². The first-order valence-corrected chi connectivity index (χ1v) is 11.2. The van der Waals surface area contributed by atoms with Gasteiger partial charge in [-0.25, -0.2) is 0 Å². The highest BCUT2D eigenvalue weighted by Gasteiger charge is 2.18. The largest absolute Gasteiger partial charge is 0.350 e. The van der Waals surface area contributed by atoms with Crippen molar-refractivity contribution in [3.8, 4) is 0 Å². The minimum atomic E-state index is -0.292. The van der Waals surface area contributed by atoms with Crippen LogP contribution in [0.25, 0.3) is 0 Å². The quantitative estimate of drug-likeness (QED) is 0.392. The van der Waals surface area contributed by atoms with Crippen molar-refractivity contribution in [1.82, 2.24) is 19.7 Å². The van der Waals surface area contributed by atoms with Crippen molar-refractivity contribution in [2.45, 2.75) is 39.8 Å². The summed E-state index contributed by atoms with van der Waals surface area (Å²) in [5, 5.41) is 10.9. The van der Waals surface area contributed by atoms with Crippen LogP contribution in [0.15, 0.2) is 73.1 Å². The number of carbonyl (C=O) groups excluding carboxylic acids is 1. The molecule has 2 aromatic carbocycles. The molecule has 0 atom stereocenters. The van der Waals surface area contributed by atoms with Gasteiger partial charge in [-0.2, -0.15) is 9.67 Å². The molecule has 168 valence electrons. The first kappa shape index (κ1) is 22.2. The lowest BCUT2D eigenvalue weighted by Gasteiger charge is -2.07. The minimum Gasteiger partial charge on any atom is -0.350 e. The summed E-state index contributed by atoms with van der Waals surface area (Å²) in [6, 6.07) is 20.2. The highest BCUT2D eigenvalue weighted by molar-refractivity contribution is 5.96.